The normalized spacial score (nSPS) is 10.8. The average Bonchev–Trinajstić information content (AvgIpc) is 2.46. The summed E-state index contributed by atoms with van der Waals surface area (Å²) in [6.45, 7) is 3.69. The van der Waals surface area contributed by atoms with Gasteiger partial charge in [0, 0.05) is 5.56 Å². The monoisotopic (exact) mass is 278 g/mol. The molecule has 1 nitrogen and oxygen atoms in total. The van der Waals surface area contributed by atoms with Crippen LogP contribution < -0.4 is 0 Å². The molecule has 3 aromatic rings. The molecule has 0 radical (unpaired) electrons. The second kappa shape index (κ2) is 5.13. The predicted octanol–water partition coefficient (Wildman–Crippen LogP) is 4.83. The molecule has 0 aliphatic rings. The summed E-state index contributed by atoms with van der Waals surface area (Å²) in [5.74, 6) is -0.728. The van der Waals surface area contributed by atoms with Crippen molar-refractivity contribution < 1.29 is 9.18 Å². The zero-order chi connectivity index (χ0) is 15.0. The van der Waals surface area contributed by atoms with Gasteiger partial charge in [0.15, 0.2) is 5.78 Å². The van der Waals surface area contributed by atoms with Gasteiger partial charge in [0.05, 0.1) is 5.56 Å². The van der Waals surface area contributed by atoms with Gasteiger partial charge < -0.3 is 0 Å². The number of carbonyl (C=O) groups is 1. The highest BCUT2D eigenvalue weighted by Gasteiger charge is 2.18. The van der Waals surface area contributed by atoms with Crippen LogP contribution in [0, 0.1) is 19.7 Å². The molecule has 0 amide bonds. The summed E-state index contributed by atoms with van der Waals surface area (Å²) >= 11 is 0. The van der Waals surface area contributed by atoms with Crippen LogP contribution in [0.15, 0.2) is 54.6 Å². The lowest BCUT2D eigenvalue weighted by molar-refractivity contribution is 0.103. The fraction of sp³-hybridized carbons (Fsp3) is 0.105. The number of aryl methyl sites for hydroxylation is 2. The summed E-state index contributed by atoms with van der Waals surface area (Å²) in [4.78, 5) is 12.8. The molecular weight excluding hydrogens is 263 g/mol. The first-order valence-electron chi connectivity index (χ1n) is 6.87. The van der Waals surface area contributed by atoms with Gasteiger partial charge in [0.25, 0.3) is 0 Å². The largest absolute Gasteiger partial charge is 0.288 e. The van der Waals surface area contributed by atoms with Gasteiger partial charge in [-0.3, -0.25) is 4.79 Å². The lowest BCUT2D eigenvalue weighted by Gasteiger charge is -2.10. The maximum absolute atomic E-state index is 14.1. The van der Waals surface area contributed by atoms with Crippen molar-refractivity contribution in [2.24, 2.45) is 0 Å². The van der Waals surface area contributed by atoms with Crippen LogP contribution in [-0.4, -0.2) is 5.78 Å². The minimum Gasteiger partial charge on any atom is -0.288 e. The highest BCUT2D eigenvalue weighted by molar-refractivity contribution is 6.17. The van der Waals surface area contributed by atoms with Gasteiger partial charge in [-0.25, -0.2) is 4.39 Å². The number of rotatable bonds is 2. The third kappa shape index (κ3) is 2.33. The molecule has 0 saturated heterocycles. The number of ketones is 1. The summed E-state index contributed by atoms with van der Waals surface area (Å²) in [6.07, 6.45) is 0. The zero-order valence-corrected chi connectivity index (χ0v) is 12.0. The van der Waals surface area contributed by atoms with Crippen molar-refractivity contribution in [2.75, 3.05) is 0 Å². The Bertz CT molecular complexity index is 849. The molecule has 0 unspecified atom stereocenters. The molecule has 0 aromatic heterocycles. The van der Waals surface area contributed by atoms with Crippen molar-refractivity contribution in [3.8, 4) is 0 Å². The quantitative estimate of drug-likeness (QED) is 0.614. The van der Waals surface area contributed by atoms with E-state index in [-0.39, 0.29) is 11.3 Å². The molecule has 0 aliphatic heterocycles. The molecule has 3 rings (SSSR count). The van der Waals surface area contributed by atoms with E-state index in [9.17, 15) is 9.18 Å². The van der Waals surface area contributed by atoms with E-state index in [1.807, 2.05) is 43.3 Å². The van der Waals surface area contributed by atoms with Crippen LogP contribution in [0.5, 0.6) is 0 Å². The molecule has 0 aliphatic carbocycles. The number of hydrogen-bond acceptors (Lipinski definition) is 1. The van der Waals surface area contributed by atoms with Crippen LogP contribution in [0.25, 0.3) is 10.8 Å². The molecule has 0 spiro atoms. The van der Waals surface area contributed by atoms with E-state index in [2.05, 4.69) is 0 Å². The lowest BCUT2D eigenvalue weighted by Crippen LogP contribution is -2.07. The standard InChI is InChI=1S/C19H15FO/c1-12-7-10-16(17(20)11-12)19(21)18-13(2)8-9-14-5-3-4-6-15(14)18/h3-11H,1-2H3. The van der Waals surface area contributed by atoms with Crippen molar-refractivity contribution in [1.29, 1.82) is 0 Å². The Labute approximate surface area is 123 Å². The van der Waals surface area contributed by atoms with Crippen molar-refractivity contribution in [2.45, 2.75) is 13.8 Å². The first kappa shape index (κ1) is 13.5. The zero-order valence-electron chi connectivity index (χ0n) is 12.0. The third-order valence-corrected chi connectivity index (χ3v) is 3.73. The second-order valence-electron chi connectivity index (χ2n) is 5.29. The van der Waals surface area contributed by atoms with E-state index in [1.165, 1.54) is 6.07 Å². The molecule has 3 aromatic carbocycles. The first-order chi connectivity index (χ1) is 10.1. The van der Waals surface area contributed by atoms with Crippen molar-refractivity contribution in [3.05, 3.63) is 82.7 Å². The van der Waals surface area contributed by atoms with Crippen LogP contribution in [0.1, 0.15) is 27.0 Å². The molecule has 0 heterocycles. The average molecular weight is 278 g/mol. The van der Waals surface area contributed by atoms with Crippen LogP contribution in [0.2, 0.25) is 0 Å². The second-order valence-corrected chi connectivity index (χ2v) is 5.29. The summed E-state index contributed by atoms with van der Waals surface area (Å²) < 4.78 is 14.1. The molecular formula is C19H15FO. The lowest BCUT2D eigenvalue weighted by atomic mass is 9.93. The number of fused-ring (bicyclic) bond motifs is 1. The SMILES string of the molecule is Cc1ccc(C(=O)c2c(C)ccc3ccccc23)c(F)c1. The van der Waals surface area contributed by atoms with Gasteiger partial charge in [-0.05, 0) is 47.9 Å². The summed E-state index contributed by atoms with van der Waals surface area (Å²) in [5, 5.41) is 1.85. The van der Waals surface area contributed by atoms with Crippen molar-refractivity contribution >= 4 is 16.6 Å². The minimum atomic E-state index is -0.465. The van der Waals surface area contributed by atoms with Gasteiger partial charge in [-0.1, -0.05) is 42.5 Å². The van der Waals surface area contributed by atoms with Crippen molar-refractivity contribution in [3.63, 3.8) is 0 Å². The topological polar surface area (TPSA) is 17.1 Å². The maximum Gasteiger partial charge on any atom is 0.196 e. The van der Waals surface area contributed by atoms with E-state index in [1.54, 1.807) is 19.1 Å². The summed E-state index contributed by atoms with van der Waals surface area (Å²) in [6, 6.07) is 16.3. The van der Waals surface area contributed by atoms with Crippen LogP contribution in [0.3, 0.4) is 0 Å². The molecule has 2 heteroatoms. The Balaban J connectivity index is 2.24. The molecule has 0 atom stereocenters. The number of benzene rings is 3. The fourth-order valence-electron chi connectivity index (χ4n) is 2.62. The van der Waals surface area contributed by atoms with E-state index in [0.717, 1.165) is 21.9 Å². The Morgan fingerprint density at radius 3 is 2.48 bits per heavy atom. The summed E-state index contributed by atoms with van der Waals surface area (Å²) in [7, 11) is 0. The predicted molar refractivity (Wildman–Crippen MR) is 83.3 cm³/mol. The van der Waals surface area contributed by atoms with Crippen LogP contribution in [0.4, 0.5) is 4.39 Å². The number of hydrogen-bond donors (Lipinski definition) is 0. The molecule has 0 fully saturated rings. The molecule has 0 bridgehead atoms. The van der Waals surface area contributed by atoms with Gasteiger partial charge >= 0.3 is 0 Å². The van der Waals surface area contributed by atoms with E-state index < -0.39 is 5.82 Å². The molecule has 21 heavy (non-hydrogen) atoms. The van der Waals surface area contributed by atoms with Gasteiger partial charge in [-0.2, -0.15) is 0 Å². The van der Waals surface area contributed by atoms with E-state index >= 15 is 0 Å². The van der Waals surface area contributed by atoms with Gasteiger partial charge in [0.1, 0.15) is 5.82 Å². The molecule has 0 N–H and O–H groups in total. The minimum absolute atomic E-state index is 0.125. The highest BCUT2D eigenvalue weighted by Crippen LogP contribution is 2.25. The highest BCUT2D eigenvalue weighted by atomic mass is 19.1. The Morgan fingerprint density at radius 2 is 1.71 bits per heavy atom. The van der Waals surface area contributed by atoms with Gasteiger partial charge in [-0.15, -0.1) is 0 Å². The first-order valence-corrected chi connectivity index (χ1v) is 6.87. The smallest absolute Gasteiger partial charge is 0.196 e. The molecule has 104 valence electrons. The third-order valence-electron chi connectivity index (χ3n) is 3.73. The van der Waals surface area contributed by atoms with Crippen LogP contribution in [-0.2, 0) is 0 Å². The van der Waals surface area contributed by atoms with Gasteiger partial charge in [0.2, 0.25) is 0 Å². The Kier molecular flexibility index (Phi) is 3.30. The molecule has 0 saturated carbocycles. The maximum atomic E-state index is 14.1. The van der Waals surface area contributed by atoms with Crippen molar-refractivity contribution in [1.82, 2.24) is 0 Å². The number of halogens is 1. The fourth-order valence-corrected chi connectivity index (χ4v) is 2.62. The number of carbonyl (C=O) groups excluding carboxylic acids is 1. The van der Waals surface area contributed by atoms with E-state index in [0.29, 0.717) is 5.56 Å². The Morgan fingerprint density at radius 1 is 0.952 bits per heavy atom. The summed E-state index contributed by atoms with van der Waals surface area (Å²) in [5.41, 5.74) is 2.37. The van der Waals surface area contributed by atoms with E-state index in [4.69, 9.17) is 0 Å². The van der Waals surface area contributed by atoms with Crippen LogP contribution >= 0.6 is 0 Å². The Hall–Kier alpha value is -2.48.